The average Bonchev–Trinajstić information content (AvgIpc) is 3.23. The standard InChI is InChI=1S/C18H23N3O2/c1-3-21-17(18(22)23)16(12-19-21)15-8-6-7-14(11-15)13(2)20-9-4-5-10-20/h6-8,11-13H,3-5,9-10H2,1-2H3,(H,22,23)/t13-/m0/s1. The quantitative estimate of drug-likeness (QED) is 0.919. The molecule has 5 nitrogen and oxygen atoms in total. The molecular formula is C18H23N3O2. The summed E-state index contributed by atoms with van der Waals surface area (Å²) >= 11 is 0. The van der Waals surface area contributed by atoms with Crippen molar-refractivity contribution in [2.75, 3.05) is 13.1 Å². The van der Waals surface area contributed by atoms with Gasteiger partial charge in [0.05, 0.1) is 6.20 Å². The Kier molecular flexibility index (Phi) is 4.48. The molecule has 1 aliphatic rings. The van der Waals surface area contributed by atoms with E-state index in [4.69, 9.17) is 0 Å². The largest absolute Gasteiger partial charge is 0.477 e. The van der Waals surface area contributed by atoms with Crippen LogP contribution in [0.3, 0.4) is 0 Å². The maximum absolute atomic E-state index is 11.6. The molecule has 1 atom stereocenters. The SMILES string of the molecule is CCn1ncc(-c2cccc([C@H](C)N3CCCC3)c2)c1C(=O)O. The lowest BCUT2D eigenvalue weighted by Gasteiger charge is -2.24. The Morgan fingerprint density at radius 2 is 2.09 bits per heavy atom. The highest BCUT2D eigenvalue weighted by molar-refractivity contribution is 5.94. The Morgan fingerprint density at radius 1 is 1.35 bits per heavy atom. The number of likely N-dealkylation sites (tertiary alicyclic amines) is 1. The lowest BCUT2D eigenvalue weighted by Crippen LogP contribution is -2.23. The van der Waals surface area contributed by atoms with E-state index >= 15 is 0 Å². The Hall–Kier alpha value is -2.14. The molecule has 1 aromatic heterocycles. The molecule has 1 saturated heterocycles. The van der Waals surface area contributed by atoms with Gasteiger partial charge in [-0.15, -0.1) is 0 Å². The lowest BCUT2D eigenvalue weighted by atomic mass is 9.99. The monoisotopic (exact) mass is 313 g/mol. The van der Waals surface area contributed by atoms with E-state index in [1.807, 2.05) is 19.1 Å². The zero-order chi connectivity index (χ0) is 16.4. The van der Waals surface area contributed by atoms with Crippen molar-refractivity contribution >= 4 is 5.97 Å². The second-order valence-electron chi connectivity index (χ2n) is 6.07. The molecule has 0 bridgehead atoms. The van der Waals surface area contributed by atoms with E-state index in [9.17, 15) is 9.90 Å². The summed E-state index contributed by atoms with van der Waals surface area (Å²) in [5.74, 6) is -0.933. The van der Waals surface area contributed by atoms with Crippen LogP contribution in [-0.2, 0) is 6.54 Å². The van der Waals surface area contributed by atoms with Gasteiger partial charge in [-0.3, -0.25) is 9.58 Å². The van der Waals surface area contributed by atoms with Gasteiger partial charge in [0.15, 0.2) is 5.69 Å². The van der Waals surface area contributed by atoms with Crippen LogP contribution in [0.2, 0.25) is 0 Å². The summed E-state index contributed by atoms with van der Waals surface area (Å²) in [6.07, 6.45) is 4.18. The number of aromatic nitrogens is 2. The van der Waals surface area contributed by atoms with Gasteiger partial charge in [0.2, 0.25) is 0 Å². The highest BCUT2D eigenvalue weighted by Gasteiger charge is 2.22. The lowest BCUT2D eigenvalue weighted by molar-refractivity contribution is 0.0684. The van der Waals surface area contributed by atoms with Gasteiger partial charge >= 0.3 is 5.97 Å². The maximum Gasteiger partial charge on any atom is 0.354 e. The summed E-state index contributed by atoms with van der Waals surface area (Å²) < 4.78 is 1.54. The molecule has 3 rings (SSSR count). The molecule has 1 fully saturated rings. The first kappa shape index (κ1) is 15.7. The second kappa shape index (κ2) is 6.54. The third kappa shape index (κ3) is 3.01. The molecule has 1 N–H and O–H groups in total. The number of hydrogen-bond acceptors (Lipinski definition) is 3. The maximum atomic E-state index is 11.6. The number of nitrogens with zero attached hydrogens (tertiary/aromatic N) is 3. The van der Waals surface area contributed by atoms with Gasteiger partial charge in [0, 0.05) is 18.2 Å². The molecule has 5 heteroatoms. The van der Waals surface area contributed by atoms with Crippen molar-refractivity contribution in [2.24, 2.45) is 0 Å². The Balaban J connectivity index is 1.97. The van der Waals surface area contributed by atoms with E-state index in [1.54, 1.807) is 6.20 Å². The molecule has 2 aromatic rings. The fraction of sp³-hybridized carbons (Fsp3) is 0.444. The number of aromatic carboxylic acids is 1. The van der Waals surface area contributed by atoms with Crippen LogP contribution in [-0.4, -0.2) is 38.8 Å². The summed E-state index contributed by atoms with van der Waals surface area (Å²) in [5, 5.41) is 13.7. The van der Waals surface area contributed by atoms with Gasteiger partial charge in [-0.2, -0.15) is 5.10 Å². The van der Waals surface area contributed by atoms with E-state index in [0.717, 1.165) is 18.7 Å². The summed E-state index contributed by atoms with van der Waals surface area (Å²) in [5.41, 5.74) is 3.10. The van der Waals surface area contributed by atoms with Gasteiger partial charge in [-0.1, -0.05) is 18.2 Å². The molecule has 0 saturated carbocycles. The van der Waals surface area contributed by atoms with Crippen molar-refractivity contribution in [3.63, 3.8) is 0 Å². The van der Waals surface area contributed by atoms with E-state index in [0.29, 0.717) is 18.2 Å². The number of carboxylic acid groups (broad SMARTS) is 1. The number of rotatable bonds is 5. The van der Waals surface area contributed by atoms with E-state index in [2.05, 4.69) is 29.1 Å². The Bertz CT molecular complexity index is 702. The molecule has 0 radical (unpaired) electrons. The van der Waals surface area contributed by atoms with Crippen molar-refractivity contribution < 1.29 is 9.90 Å². The van der Waals surface area contributed by atoms with Crippen LogP contribution in [0, 0.1) is 0 Å². The first-order valence-corrected chi connectivity index (χ1v) is 8.25. The molecule has 23 heavy (non-hydrogen) atoms. The first-order chi connectivity index (χ1) is 11.1. The minimum absolute atomic E-state index is 0.262. The van der Waals surface area contributed by atoms with Gasteiger partial charge in [-0.05, 0) is 57.0 Å². The first-order valence-electron chi connectivity index (χ1n) is 8.25. The summed E-state index contributed by atoms with van der Waals surface area (Å²) in [7, 11) is 0. The number of hydrogen-bond donors (Lipinski definition) is 1. The summed E-state index contributed by atoms with van der Waals surface area (Å²) in [4.78, 5) is 14.1. The van der Waals surface area contributed by atoms with Crippen LogP contribution in [0.25, 0.3) is 11.1 Å². The normalized spacial score (nSPS) is 16.6. The van der Waals surface area contributed by atoms with Crippen LogP contribution in [0.1, 0.15) is 48.8 Å². The van der Waals surface area contributed by atoms with Crippen molar-refractivity contribution in [1.82, 2.24) is 14.7 Å². The molecule has 0 spiro atoms. The van der Waals surface area contributed by atoms with Crippen molar-refractivity contribution in [3.05, 3.63) is 41.7 Å². The Morgan fingerprint density at radius 3 is 2.74 bits per heavy atom. The van der Waals surface area contributed by atoms with E-state index in [1.165, 1.54) is 23.1 Å². The fourth-order valence-corrected chi connectivity index (χ4v) is 3.37. The number of carboxylic acids is 1. The van der Waals surface area contributed by atoms with Crippen LogP contribution in [0.5, 0.6) is 0 Å². The summed E-state index contributed by atoms with van der Waals surface area (Å²) in [6.45, 7) is 6.94. The van der Waals surface area contributed by atoms with Gasteiger partial charge < -0.3 is 5.11 Å². The van der Waals surface area contributed by atoms with Crippen molar-refractivity contribution in [1.29, 1.82) is 0 Å². The molecule has 0 unspecified atom stereocenters. The predicted octanol–water partition coefficient (Wildman–Crippen LogP) is 3.43. The third-order valence-electron chi connectivity index (χ3n) is 4.71. The molecule has 2 heterocycles. The van der Waals surface area contributed by atoms with Gasteiger partial charge in [0.1, 0.15) is 0 Å². The smallest absolute Gasteiger partial charge is 0.354 e. The zero-order valence-electron chi connectivity index (χ0n) is 13.7. The predicted molar refractivity (Wildman–Crippen MR) is 89.5 cm³/mol. The highest BCUT2D eigenvalue weighted by atomic mass is 16.4. The second-order valence-corrected chi connectivity index (χ2v) is 6.07. The molecule has 0 amide bonds. The zero-order valence-corrected chi connectivity index (χ0v) is 13.7. The van der Waals surface area contributed by atoms with Crippen molar-refractivity contribution in [2.45, 2.75) is 39.3 Å². The molecule has 0 aliphatic carbocycles. The summed E-state index contributed by atoms with van der Waals surface area (Å²) in [6, 6.07) is 8.55. The molecule has 1 aliphatic heterocycles. The van der Waals surface area contributed by atoms with Crippen molar-refractivity contribution in [3.8, 4) is 11.1 Å². The third-order valence-corrected chi connectivity index (χ3v) is 4.71. The van der Waals surface area contributed by atoms with E-state index < -0.39 is 5.97 Å². The highest BCUT2D eigenvalue weighted by Crippen LogP contribution is 2.30. The average molecular weight is 313 g/mol. The Labute approximate surface area is 136 Å². The van der Waals surface area contributed by atoms with Gasteiger partial charge in [0.25, 0.3) is 0 Å². The topological polar surface area (TPSA) is 58.4 Å². The van der Waals surface area contributed by atoms with Crippen LogP contribution < -0.4 is 0 Å². The van der Waals surface area contributed by atoms with Gasteiger partial charge in [-0.25, -0.2) is 4.79 Å². The van der Waals surface area contributed by atoms with E-state index in [-0.39, 0.29) is 5.69 Å². The van der Waals surface area contributed by atoms with Crippen LogP contribution >= 0.6 is 0 Å². The minimum atomic E-state index is -0.933. The number of carbonyl (C=O) groups is 1. The number of aryl methyl sites for hydroxylation is 1. The molecular weight excluding hydrogens is 290 g/mol. The molecule has 122 valence electrons. The number of benzene rings is 1. The fourth-order valence-electron chi connectivity index (χ4n) is 3.37. The van der Waals surface area contributed by atoms with Crippen LogP contribution in [0.4, 0.5) is 0 Å². The van der Waals surface area contributed by atoms with Crippen LogP contribution in [0.15, 0.2) is 30.5 Å². The molecule has 1 aromatic carbocycles. The minimum Gasteiger partial charge on any atom is -0.477 e.